The zero-order valence-corrected chi connectivity index (χ0v) is 19.1. The Bertz CT molecular complexity index is 845. The summed E-state index contributed by atoms with van der Waals surface area (Å²) in [4.78, 5) is 26.8. The van der Waals surface area contributed by atoms with Crippen LogP contribution in [0.5, 0.6) is 0 Å². The molecule has 1 aliphatic heterocycles. The van der Waals surface area contributed by atoms with Gasteiger partial charge < -0.3 is 20.4 Å². The van der Waals surface area contributed by atoms with E-state index in [2.05, 4.69) is 32.4 Å². The Hall–Kier alpha value is -2.32. The highest BCUT2D eigenvalue weighted by molar-refractivity contribution is 7.11. The largest absolute Gasteiger partial charge is 0.368 e. The van der Waals surface area contributed by atoms with Gasteiger partial charge >= 0.3 is 0 Å². The first kappa shape index (κ1) is 22.4. The topological polar surface area (TPSA) is 72.9 Å². The lowest BCUT2D eigenvalue weighted by atomic mass is 10.2. The van der Waals surface area contributed by atoms with E-state index in [0.717, 1.165) is 48.3 Å². The lowest BCUT2D eigenvalue weighted by molar-refractivity contribution is -0.129. The minimum Gasteiger partial charge on any atom is -0.368 e. The number of piperazine rings is 1. The molecule has 2 heterocycles. The summed E-state index contributed by atoms with van der Waals surface area (Å²) < 4.78 is 0. The first-order valence-corrected chi connectivity index (χ1v) is 11.5. The number of aliphatic imine (C=N–C) groups is 1. The second-order valence-corrected chi connectivity index (χ2v) is 8.84. The van der Waals surface area contributed by atoms with Crippen LogP contribution in [0.25, 0.3) is 0 Å². The van der Waals surface area contributed by atoms with Crippen molar-refractivity contribution in [3.63, 3.8) is 0 Å². The van der Waals surface area contributed by atoms with Gasteiger partial charge in [-0.1, -0.05) is 11.6 Å². The van der Waals surface area contributed by atoms with Crippen LogP contribution in [0.2, 0.25) is 5.02 Å². The third kappa shape index (κ3) is 6.60. The first-order chi connectivity index (χ1) is 14.5. The number of aryl methyl sites for hydroxylation is 1. The molecule has 0 atom stereocenters. The Balaban J connectivity index is 1.44. The van der Waals surface area contributed by atoms with Crippen molar-refractivity contribution in [1.82, 2.24) is 20.5 Å². The number of hydrogen-bond acceptors (Lipinski definition) is 5. The zero-order valence-electron chi connectivity index (χ0n) is 17.5. The Kier molecular flexibility index (Phi) is 8.33. The Morgan fingerprint density at radius 2 is 1.93 bits per heavy atom. The number of amides is 1. The van der Waals surface area contributed by atoms with Gasteiger partial charge in [0.05, 0.1) is 5.01 Å². The third-order valence-corrected chi connectivity index (χ3v) is 6.07. The van der Waals surface area contributed by atoms with Crippen molar-refractivity contribution in [2.75, 3.05) is 50.7 Å². The predicted octanol–water partition coefficient (Wildman–Crippen LogP) is 2.55. The van der Waals surface area contributed by atoms with E-state index < -0.39 is 0 Å². The number of benzene rings is 1. The van der Waals surface area contributed by atoms with E-state index in [4.69, 9.17) is 11.6 Å². The fourth-order valence-corrected chi connectivity index (χ4v) is 4.17. The van der Waals surface area contributed by atoms with Gasteiger partial charge in [0.2, 0.25) is 5.91 Å². The molecule has 3 rings (SSSR count). The number of nitrogens with zero attached hydrogens (tertiary/aromatic N) is 4. The second kappa shape index (κ2) is 11.2. The summed E-state index contributed by atoms with van der Waals surface area (Å²) >= 11 is 7.67. The molecule has 2 N–H and O–H groups in total. The number of nitrogens with one attached hydrogen (secondary N) is 2. The molecule has 7 nitrogen and oxygen atoms in total. The maximum Gasteiger partial charge on any atom is 0.244 e. The Labute approximate surface area is 187 Å². The highest BCUT2D eigenvalue weighted by atomic mass is 35.5. The number of carbonyl (C=O) groups is 1. The number of rotatable bonds is 7. The Morgan fingerprint density at radius 1 is 1.20 bits per heavy atom. The quantitative estimate of drug-likeness (QED) is 0.503. The standard InChI is InChI=1S/C21H29ClN6OS/c1-3-23-21(24-9-8-19-25-14-16(2)30-19)26-15-20(29)28-12-10-27(11-13-28)18-6-4-17(22)5-7-18/h4-7,14H,3,8-13,15H2,1-2H3,(H2,23,24,26). The van der Waals surface area contributed by atoms with Crippen LogP contribution in [-0.2, 0) is 11.2 Å². The molecular formula is C21H29ClN6OS. The summed E-state index contributed by atoms with van der Waals surface area (Å²) in [7, 11) is 0. The summed E-state index contributed by atoms with van der Waals surface area (Å²) in [6.45, 7) is 8.70. The minimum absolute atomic E-state index is 0.0542. The van der Waals surface area contributed by atoms with Crippen LogP contribution >= 0.6 is 22.9 Å². The molecule has 30 heavy (non-hydrogen) atoms. The van der Waals surface area contributed by atoms with Gasteiger partial charge in [0.1, 0.15) is 6.54 Å². The smallest absolute Gasteiger partial charge is 0.244 e. The van der Waals surface area contributed by atoms with Gasteiger partial charge in [-0.2, -0.15) is 0 Å². The predicted molar refractivity (Wildman–Crippen MR) is 125 cm³/mol. The van der Waals surface area contributed by atoms with Crippen molar-refractivity contribution in [1.29, 1.82) is 0 Å². The highest BCUT2D eigenvalue weighted by Crippen LogP contribution is 2.19. The molecule has 0 radical (unpaired) electrons. The van der Waals surface area contributed by atoms with Crippen molar-refractivity contribution < 1.29 is 4.79 Å². The van der Waals surface area contributed by atoms with Gasteiger partial charge in [0.25, 0.3) is 0 Å². The number of halogens is 1. The van der Waals surface area contributed by atoms with Crippen molar-refractivity contribution in [3.8, 4) is 0 Å². The monoisotopic (exact) mass is 448 g/mol. The molecule has 2 aromatic rings. The molecule has 1 aromatic heterocycles. The fraction of sp³-hybridized carbons (Fsp3) is 0.476. The molecule has 1 amide bonds. The average Bonchev–Trinajstić information content (AvgIpc) is 3.17. The molecule has 0 spiro atoms. The summed E-state index contributed by atoms with van der Waals surface area (Å²) in [5.74, 6) is 0.720. The molecule has 0 unspecified atom stereocenters. The number of anilines is 1. The van der Waals surface area contributed by atoms with Crippen LogP contribution in [0.4, 0.5) is 5.69 Å². The average molecular weight is 449 g/mol. The van der Waals surface area contributed by atoms with Crippen LogP contribution in [-0.4, -0.2) is 67.6 Å². The van der Waals surface area contributed by atoms with Gasteiger partial charge in [0, 0.05) is 67.5 Å². The summed E-state index contributed by atoms with van der Waals surface area (Å²) in [5, 5.41) is 8.32. The molecule has 1 aliphatic rings. The summed E-state index contributed by atoms with van der Waals surface area (Å²) in [6.07, 6.45) is 2.73. The van der Waals surface area contributed by atoms with Crippen LogP contribution in [0.15, 0.2) is 35.5 Å². The van der Waals surface area contributed by atoms with Gasteiger partial charge in [-0.25, -0.2) is 9.98 Å². The lowest BCUT2D eigenvalue weighted by Crippen LogP contribution is -2.49. The maximum absolute atomic E-state index is 12.6. The lowest BCUT2D eigenvalue weighted by Gasteiger charge is -2.36. The molecule has 9 heteroatoms. The van der Waals surface area contributed by atoms with Crippen LogP contribution in [0.1, 0.15) is 16.8 Å². The van der Waals surface area contributed by atoms with Crippen molar-refractivity contribution in [2.45, 2.75) is 20.3 Å². The van der Waals surface area contributed by atoms with Crippen LogP contribution < -0.4 is 15.5 Å². The van der Waals surface area contributed by atoms with Crippen LogP contribution in [0.3, 0.4) is 0 Å². The summed E-state index contributed by atoms with van der Waals surface area (Å²) in [6, 6.07) is 7.83. The van der Waals surface area contributed by atoms with Gasteiger partial charge in [-0.15, -0.1) is 11.3 Å². The molecular weight excluding hydrogens is 420 g/mol. The third-order valence-electron chi connectivity index (χ3n) is 4.84. The zero-order chi connectivity index (χ0) is 21.3. The minimum atomic E-state index is 0.0542. The molecule has 1 saturated heterocycles. The SMILES string of the molecule is CCNC(=NCC(=O)N1CCN(c2ccc(Cl)cc2)CC1)NCCc1ncc(C)s1. The van der Waals surface area contributed by atoms with Crippen molar-refractivity contribution in [2.24, 2.45) is 4.99 Å². The molecule has 1 aromatic carbocycles. The molecule has 0 bridgehead atoms. The van der Waals surface area contributed by atoms with Crippen LogP contribution in [0, 0.1) is 6.92 Å². The number of aromatic nitrogens is 1. The highest BCUT2D eigenvalue weighted by Gasteiger charge is 2.21. The van der Waals surface area contributed by atoms with E-state index in [1.807, 2.05) is 42.3 Å². The van der Waals surface area contributed by atoms with Gasteiger partial charge in [0.15, 0.2) is 5.96 Å². The van der Waals surface area contributed by atoms with E-state index in [1.165, 1.54) is 4.88 Å². The van der Waals surface area contributed by atoms with E-state index in [-0.39, 0.29) is 12.5 Å². The molecule has 1 fully saturated rings. The number of hydrogen-bond donors (Lipinski definition) is 2. The van der Waals surface area contributed by atoms with E-state index >= 15 is 0 Å². The number of thiazole rings is 1. The van der Waals surface area contributed by atoms with Gasteiger partial charge in [-0.3, -0.25) is 4.79 Å². The van der Waals surface area contributed by atoms with E-state index in [0.29, 0.717) is 19.0 Å². The van der Waals surface area contributed by atoms with E-state index in [1.54, 1.807) is 11.3 Å². The van der Waals surface area contributed by atoms with Crippen molar-refractivity contribution >= 4 is 40.5 Å². The fourth-order valence-electron chi connectivity index (χ4n) is 3.26. The summed E-state index contributed by atoms with van der Waals surface area (Å²) in [5.41, 5.74) is 1.14. The molecule has 0 aliphatic carbocycles. The Morgan fingerprint density at radius 3 is 2.57 bits per heavy atom. The number of carbonyl (C=O) groups excluding carboxylic acids is 1. The van der Waals surface area contributed by atoms with Gasteiger partial charge in [-0.05, 0) is 38.1 Å². The normalized spacial score (nSPS) is 14.7. The molecule has 0 saturated carbocycles. The second-order valence-electron chi connectivity index (χ2n) is 7.08. The van der Waals surface area contributed by atoms with Crippen molar-refractivity contribution in [3.05, 3.63) is 45.4 Å². The first-order valence-electron chi connectivity index (χ1n) is 10.3. The number of guanidine groups is 1. The van der Waals surface area contributed by atoms with E-state index in [9.17, 15) is 4.79 Å². The molecule has 162 valence electrons. The maximum atomic E-state index is 12.6.